The molecule has 1 saturated heterocycles. The minimum atomic E-state index is -0.500. The molecule has 1 unspecified atom stereocenters. The second-order valence-corrected chi connectivity index (χ2v) is 9.58. The van der Waals surface area contributed by atoms with Crippen molar-refractivity contribution < 1.29 is 9.18 Å². The summed E-state index contributed by atoms with van der Waals surface area (Å²) in [7, 11) is 2.15. The number of nitrogens with zero attached hydrogens (tertiary/aromatic N) is 3. The summed E-state index contributed by atoms with van der Waals surface area (Å²) in [6.07, 6.45) is 3.52. The standard InChI is InChI=1S/C25H33ClFN5O/c1-30-11-13-31(14-12-30)9-2-10-32(25(33)29-21-6-8-24(27)23(26)17-21)22-7-4-18-3-5-20(28)15-19(18)16-22/h3,5-6,8,15,17,22H,2,4,7,9-14,16,28H2,1H3,(H,29,33). The molecule has 1 aliphatic carbocycles. The van der Waals surface area contributed by atoms with Crippen molar-refractivity contribution in [3.05, 3.63) is 58.4 Å². The van der Waals surface area contributed by atoms with Crippen LogP contribution in [0.3, 0.4) is 0 Å². The molecule has 0 saturated carbocycles. The van der Waals surface area contributed by atoms with Crippen LogP contribution in [0.25, 0.3) is 0 Å². The van der Waals surface area contributed by atoms with Gasteiger partial charge in [0, 0.05) is 50.1 Å². The number of nitrogens with two attached hydrogens (primary N) is 1. The monoisotopic (exact) mass is 473 g/mol. The van der Waals surface area contributed by atoms with E-state index in [1.165, 1.54) is 23.3 Å². The number of hydrogen-bond acceptors (Lipinski definition) is 4. The number of urea groups is 1. The third-order valence-corrected chi connectivity index (χ3v) is 7.06. The van der Waals surface area contributed by atoms with Gasteiger partial charge in [-0.3, -0.25) is 0 Å². The van der Waals surface area contributed by atoms with E-state index >= 15 is 0 Å². The summed E-state index contributed by atoms with van der Waals surface area (Å²) in [4.78, 5) is 20.1. The summed E-state index contributed by atoms with van der Waals surface area (Å²) in [6.45, 7) is 5.91. The molecule has 2 aliphatic rings. The number of hydrogen-bond donors (Lipinski definition) is 2. The highest BCUT2D eigenvalue weighted by atomic mass is 35.5. The van der Waals surface area contributed by atoms with Gasteiger partial charge in [0.25, 0.3) is 0 Å². The highest BCUT2D eigenvalue weighted by Crippen LogP contribution is 2.27. The molecule has 1 aliphatic heterocycles. The Morgan fingerprint density at radius 1 is 1.18 bits per heavy atom. The Labute approximate surface area is 200 Å². The Balaban J connectivity index is 1.45. The number of aryl methyl sites for hydroxylation is 1. The fraction of sp³-hybridized carbons (Fsp3) is 0.480. The van der Waals surface area contributed by atoms with Crippen LogP contribution in [-0.2, 0) is 12.8 Å². The molecule has 33 heavy (non-hydrogen) atoms. The third kappa shape index (κ3) is 6.16. The van der Waals surface area contributed by atoms with Gasteiger partial charge >= 0.3 is 6.03 Å². The largest absolute Gasteiger partial charge is 0.399 e. The normalized spacial score (nSPS) is 19.2. The van der Waals surface area contributed by atoms with E-state index in [2.05, 4.69) is 28.2 Å². The molecule has 2 aromatic rings. The highest BCUT2D eigenvalue weighted by molar-refractivity contribution is 6.31. The summed E-state index contributed by atoms with van der Waals surface area (Å²) >= 11 is 5.92. The molecule has 0 aromatic heterocycles. The Bertz CT molecular complexity index is 979. The molecule has 1 fully saturated rings. The first-order chi connectivity index (χ1) is 15.9. The van der Waals surface area contributed by atoms with Gasteiger partial charge in [-0.05, 0) is 80.7 Å². The summed E-state index contributed by atoms with van der Waals surface area (Å²) in [5, 5.41) is 2.92. The first-order valence-corrected chi connectivity index (χ1v) is 12.1. The third-order valence-electron chi connectivity index (χ3n) is 6.77. The molecule has 0 bridgehead atoms. The molecule has 1 atom stereocenters. The van der Waals surface area contributed by atoms with Crippen LogP contribution < -0.4 is 11.1 Å². The van der Waals surface area contributed by atoms with Gasteiger partial charge in [-0.1, -0.05) is 17.7 Å². The molecule has 4 rings (SSSR count). The Kier molecular flexibility index (Phi) is 7.73. The number of nitrogen functional groups attached to an aromatic ring is 1. The molecule has 1 heterocycles. The van der Waals surface area contributed by atoms with Crippen LogP contribution in [-0.4, -0.2) is 73.1 Å². The average Bonchev–Trinajstić information content (AvgIpc) is 2.80. The second kappa shape index (κ2) is 10.7. The van der Waals surface area contributed by atoms with Crippen molar-refractivity contribution in [3.63, 3.8) is 0 Å². The first-order valence-electron chi connectivity index (χ1n) is 11.7. The Morgan fingerprint density at radius 2 is 1.97 bits per heavy atom. The lowest BCUT2D eigenvalue weighted by Crippen LogP contribution is -2.48. The Hall–Kier alpha value is -2.35. The molecule has 6 nitrogen and oxygen atoms in total. The second-order valence-electron chi connectivity index (χ2n) is 9.18. The predicted molar refractivity (Wildman–Crippen MR) is 132 cm³/mol. The van der Waals surface area contributed by atoms with E-state index < -0.39 is 5.82 Å². The summed E-state index contributed by atoms with van der Waals surface area (Å²) < 4.78 is 13.6. The number of rotatable bonds is 6. The molecule has 2 amide bonds. The fourth-order valence-corrected chi connectivity index (χ4v) is 4.96. The van der Waals surface area contributed by atoms with Crippen molar-refractivity contribution in [2.75, 3.05) is 57.4 Å². The number of piperazine rings is 1. The zero-order valence-electron chi connectivity index (χ0n) is 19.2. The van der Waals surface area contributed by atoms with Crippen molar-refractivity contribution in [1.29, 1.82) is 0 Å². The highest BCUT2D eigenvalue weighted by Gasteiger charge is 2.28. The van der Waals surface area contributed by atoms with Crippen LogP contribution in [0.4, 0.5) is 20.6 Å². The maximum atomic E-state index is 13.6. The molecule has 0 spiro atoms. The summed E-state index contributed by atoms with van der Waals surface area (Å²) in [6, 6.07) is 10.2. The molecular formula is C25H33ClFN5O. The van der Waals surface area contributed by atoms with Crippen molar-refractivity contribution in [2.24, 2.45) is 0 Å². The predicted octanol–water partition coefficient (Wildman–Crippen LogP) is 4.09. The van der Waals surface area contributed by atoms with Gasteiger partial charge in [0.05, 0.1) is 5.02 Å². The average molecular weight is 474 g/mol. The van der Waals surface area contributed by atoms with Crippen LogP contribution in [0.15, 0.2) is 36.4 Å². The van der Waals surface area contributed by atoms with E-state index in [0.717, 1.165) is 64.1 Å². The SMILES string of the molecule is CN1CCN(CCCN(C(=O)Nc2ccc(F)c(Cl)c2)C2CCc3ccc(N)cc3C2)CC1. The van der Waals surface area contributed by atoms with Crippen molar-refractivity contribution in [3.8, 4) is 0 Å². The number of carbonyl (C=O) groups excluding carboxylic acids is 1. The maximum absolute atomic E-state index is 13.6. The van der Waals surface area contributed by atoms with Crippen molar-refractivity contribution >= 4 is 29.0 Å². The molecule has 8 heteroatoms. The molecular weight excluding hydrogens is 441 g/mol. The van der Waals surface area contributed by atoms with Gasteiger partial charge in [0.1, 0.15) is 5.82 Å². The van der Waals surface area contributed by atoms with E-state index in [1.54, 1.807) is 6.07 Å². The number of carbonyl (C=O) groups is 1. The Morgan fingerprint density at radius 3 is 2.73 bits per heavy atom. The van der Waals surface area contributed by atoms with E-state index in [4.69, 9.17) is 17.3 Å². The first kappa shape index (κ1) is 23.8. The minimum Gasteiger partial charge on any atom is -0.399 e. The number of amides is 2. The van der Waals surface area contributed by atoms with Gasteiger partial charge in [-0.25, -0.2) is 9.18 Å². The number of halogens is 2. The van der Waals surface area contributed by atoms with E-state index in [0.29, 0.717) is 12.2 Å². The number of benzene rings is 2. The number of fused-ring (bicyclic) bond motifs is 1. The van der Waals surface area contributed by atoms with Crippen molar-refractivity contribution in [1.82, 2.24) is 14.7 Å². The van der Waals surface area contributed by atoms with Crippen LogP contribution in [0.2, 0.25) is 5.02 Å². The lowest BCUT2D eigenvalue weighted by Gasteiger charge is -2.37. The summed E-state index contributed by atoms with van der Waals surface area (Å²) in [5.74, 6) is -0.500. The van der Waals surface area contributed by atoms with Gasteiger partial charge in [0.15, 0.2) is 0 Å². The number of nitrogens with one attached hydrogen (secondary N) is 1. The van der Waals surface area contributed by atoms with Crippen LogP contribution in [0.1, 0.15) is 24.0 Å². The molecule has 3 N–H and O–H groups in total. The van der Waals surface area contributed by atoms with Crippen LogP contribution >= 0.6 is 11.6 Å². The maximum Gasteiger partial charge on any atom is 0.322 e. The quantitative estimate of drug-likeness (QED) is 0.620. The minimum absolute atomic E-state index is 0.00325. The lowest BCUT2D eigenvalue weighted by atomic mass is 9.87. The van der Waals surface area contributed by atoms with Crippen LogP contribution in [0.5, 0.6) is 0 Å². The van der Waals surface area contributed by atoms with Gasteiger partial charge < -0.3 is 25.8 Å². The van der Waals surface area contributed by atoms with E-state index in [1.807, 2.05) is 17.0 Å². The molecule has 2 aromatic carbocycles. The smallest absolute Gasteiger partial charge is 0.322 e. The molecule has 178 valence electrons. The zero-order chi connectivity index (χ0) is 23.4. The van der Waals surface area contributed by atoms with E-state index in [-0.39, 0.29) is 17.1 Å². The van der Waals surface area contributed by atoms with Gasteiger partial charge in [-0.15, -0.1) is 0 Å². The zero-order valence-corrected chi connectivity index (χ0v) is 20.0. The van der Waals surface area contributed by atoms with E-state index in [9.17, 15) is 9.18 Å². The van der Waals surface area contributed by atoms with Gasteiger partial charge in [-0.2, -0.15) is 0 Å². The number of likely N-dealkylation sites (N-methyl/N-ethyl adjacent to an activating group) is 1. The summed E-state index contributed by atoms with van der Waals surface area (Å²) in [5.41, 5.74) is 9.79. The topological polar surface area (TPSA) is 64.8 Å². The molecule has 0 radical (unpaired) electrons. The fourth-order valence-electron chi connectivity index (χ4n) is 4.78. The van der Waals surface area contributed by atoms with Crippen LogP contribution in [0, 0.1) is 5.82 Å². The lowest BCUT2D eigenvalue weighted by molar-refractivity contribution is 0.140. The number of anilines is 2. The van der Waals surface area contributed by atoms with Gasteiger partial charge in [0.2, 0.25) is 0 Å². The van der Waals surface area contributed by atoms with Crippen molar-refractivity contribution in [2.45, 2.75) is 31.7 Å².